The van der Waals surface area contributed by atoms with Gasteiger partial charge in [-0.2, -0.15) is 5.26 Å². The second-order valence-electron chi connectivity index (χ2n) is 6.08. The van der Waals surface area contributed by atoms with Crippen molar-refractivity contribution in [3.63, 3.8) is 0 Å². The van der Waals surface area contributed by atoms with Crippen LogP contribution in [-0.4, -0.2) is 19.7 Å². The Kier molecular flexibility index (Phi) is 5.56. The maximum Gasteiger partial charge on any atom is 0.198 e. The molecule has 29 heavy (non-hydrogen) atoms. The lowest BCUT2D eigenvalue weighted by molar-refractivity contribution is 0.628. The molecule has 0 fully saturated rings. The zero-order valence-electron chi connectivity index (χ0n) is 15.0. The highest BCUT2D eigenvalue weighted by atomic mass is 35.5. The molecular formula is C21H13ClFN5S. The molecule has 142 valence electrons. The van der Waals surface area contributed by atoms with Crippen LogP contribution in [0.25, 0.3) is 11.4 Å². The number of halogens is 2. The van der Waals surface area contributed by atoms with E-state index in [4.69, 9.17) is 16.9 Å². The van der Waals surface area contributed by atoms with Gasteiger partial charge in [-0.3, -0.25) is 4.57 Å². The van der Waals surface area contributed by atoms with Crippen molar-refractivity contribution in [2.75, 3.05) is 0 Å². The average Bonchev–Trinajstić information content (AvgIpc) is 3.13. The summed E-state index contributed by atoms with van der Waals surface area (Å²) in [5, 5.41) is 19.3. The van der Waals surface area contributed by atoms with Gasteiger partial charge in [0.15, 0.2) is 16.7 Å². The number of benzene rings is 2. The Morgan fingerprint density at radius 1 is 1.00 bits per heavy atom. The van der Waals surface area contributed by atoms with Crippen LogP contribution in [-0.2, 0) is 6.54 Å². The molecule has 0 saturated heterocycles. The standard InChI is InChI=1S/C21H13ClFN5S/c22-17-10-11-19(25-18(17)12-24)29-21-27-26-20(15-6-8-16(23)9-7-15)28(21)13-14-4-2-1-3-5-14/h1-11H,13H2. The summed E-state index contributed by atoms with van der Waals surface area (Å²) in [7, 11) is 0. The van der Waals surface area contributed by atoms with Crippen LogP contribution in [0, 0.1) is 17.1 Å². The van der Waals surface area contributed by atoms with Crippen LogP contribution in [0.2, 0.25) is 5.02 Å². The van der Waals surface area contributed by atoms with Crippen molar-refractivity contribution < 1.29 is 4.39 Å². The monoisotopic (exact) mass is 421 g/mol. The van der Waals surface area contributed by atoms with Crippen LogP contribution in [0.3, 0.4) is 0 Å². The molecule has 0 aliphatic carbocycles. The lowest BCUT2D eigenvalue weighted by Crippen LogP contribution is -2.04. The molecule has 0 radical (unpaired) electrons. The maximum atomic E-state index is 13.4. The summed E-state index contributed by atoms with van der Waals surface area (Å²) in [5.41, 5.74) is 1.98. The van der Waals surface area contributed by atoms with Gasteiger partial charge in [0, 0.05) is 5.56 Å². The van der Waals surface area contributed by atoms with Gasteiger partial charge in [0.2, 0.25) is 0 Å². The Morgan fingerprint density at radius 3 is 2.48 bits per heavy atom. The Labute approximate surface area is 175 Å². The zero-order chi connectivity index (χ0) is 20.2. The first-order valence-corrected chi connectivity index (χ1v) is 9.81. The zero-order valence-corrected chi connectivity index (χ0v) is 16.5. The molecule has 0 spiro atoms. The van der Waals surface area contributed by atoms with Gasteiger partial charge in [0.1, 0.15) is 16.9 Å². The maximum absolute atomic E-state index is 13.4. The number of nitrogens with zero attached hydrogens (tertiary/aromatic N) is 5. The van der Waals surface area contributed by atoms with E-state index in [9.17, 15) is 4.39 Å². The van der Waals surface area contributed by atoms with Crippen LogP contribution >= 0.6 is 23.4 Å². The molecule has 5 nitrogen and oxygen atoms in total. The van der Waals surface area contributed by atoms with Crippen molar-refractivity contribution in [2.24, 2.45) is 0 Å². The van der Waals surface area contributed by atoms with E-state index < -0.39 is 0 Å². The molecule has 0 N–H and O–H groups in total. The van der Waals surface area contributed by atoms with E-state index in [-0.39, 0.29) is 11.5 Å². The van der Waals surface area contributed by atoms with Crippen molar-refractivity contribution in [3.8, 4) is 17.5 Å². The van der Waals surface area contributed by atoms with Crippen LogP contribution in [0.4, 0.5) is 4.39 Å². The van der Waals surface area contributed by atoms with Gasteiger partial charge in [-0.1, -0.05) is 41.9 Å². The second kappa shape index (κ2) is 8.43. The highest BCUT2D eigenvalue weighted by Crippen LogP contribution is 2.30. The first-order valence-electron chi connectivity index (χ1n) is 8.61. The summed E-state index contributed by atoms with van der Waals surface area (Å²) >= 11 is 7.26. The highest BCUT2D eigenvalue weighted by molar-refractivity contribution is 7.99. The van der Waals surface area contributed by atoms with E-state index in [0.717, 1.165) is 11.1 Å². The third-order valence-corrected chi connectivity index (χ3v) is 5.35. The fraction of sp³-hybridized carbons (Fsp3) is 0.0476. The van der Waals surface area contributed by atoms with Crippen molar-refractivity contribution in [1.82, 2.24) is 19.7 Å². The topological polar surface area (TPSA) is 67.4 Å². The van der Waals surface area contributed by atoms with Gasteiger partial charge in [0.05, 0.1) is 11.6 Å². The SMILES string of the molecule is N#Cc1nc(Sc2nnc(-c3ccc(F)cc3)n2Cc2ccccc2)ccc1Cl. The summed E-state index contributed by atoms with van der Waals surface area (Å²) in [5.74, 6) is 0.303. The van der Waals surface area contributed by atoms with Crippen LogP contribution < -0.4 is 0 Å². The van der Waals surface area contributed by atoms with Gasteiger partial charge in [-0.05, 0) is 53.7 Å². The molecule has 0 unspecified atom stereocenters. The van der Waals surface area contributed by atoms with Crippen LogP contribution in [0.5, 0.6) is 0 Å². The van der Waals surface area contributed by atoms with Gasteiger partial charge in [-0.25, -0.2) is 9.37 Å². The molecular weight excluding hydrogens is 409 g/mol. The van der Waals surface area contributed by atoms with Gasteiger partial charge >= 0.3 is 0 Å². The summed E-state index contributed by atoms with van der Waals surface area (Å²) < 4.78 is 15.3. The lowest BCUT2D eigenvalue weighted by atomic mass is 10.2. The van der Waals surface area contributed by atoms with E-state index in [0.29, 0.717) is 27.6 Å². The molecule has 2 heterocycles. The third-order valence-electron chi connectivity index (χ3n) is 4.12. The van der Waals surface area contributed by atoms with Gasteiger partial charge < -0.3 is 0 Å². The second-order valence-corrected chi connectivity index (χ2v) is 7.47. The number of pyridine rings is 1. The Balaban J connectivity index is 1.75. The van der Waals surface area contributed by atoms with Crippen LogP contribution in [0.1, 0.15) is 11.3 Å². The minimum absolute atomic E-state index is 0.157. The van der Waals surface area contributed by atoms with Crippen molar-refractivity contribution in [1.29, 1.82) is 5.26 Å². The summed E-state index contributed by atoms with van der Waals surface area (Å²) in [6.07, 6.45) is 0. The fourth-order valence-electron chi connectivity index (χ4n) is 2.74. The smallest absolute Gasteiger partial charge is 0.198 e. The first kappa shape index (κ1) is 19.1. The summed E-state index contributed by atoms with van der Waals surface area (Å²) in [6.45, 7) is 0.529. The largest absolute Gasteiger partial charge is 0.297 e. The molecule has 0 saturated carbocycles. The minimum Gasteiger partial charge on any atom is -0.297 e. The van der Waals surface area contributed by atoms with E-state index in [2.05, 4.69) is 15.2 Å². The fourth-order valence-corrected chi connectivity index (χ4v) is 3.69. The highest BCUT2D eigenvalue weighted by Gasteiger charge is 2.17. The van der Waals surface area contributed by atoms with Gasteiger partial charge in [-0.15, -0.1) is 10.2 Å². The number of nitriles is 1. The van der Waals surface area contributed by atoms with Crippen LogP contribution in [0.15, 0.2) is 76.9 Å². The Hall–Kier alpha value is -3.21. The van der Waals surface area contributed by atoms with E-state index >= 15 is 0 Å². The quantitative estimate of drug-likeness (QED) is 0.442. The van der Waals surface area contributed by atoms with E-state index in [1.165, 1.54) is 23.9 Å². The third kappa shape index (κ3) is 4.29. The molecule has 0 bridgehead atoms. The minimum atomic E-state index is -0.313. The van der Waals surface area contributed by atoms with Crippen molar-refractivity contribution in [3.05, 3.63) is 88.8 Å². The van der Waals surface area contributed by atoms with E-state index in [1.54, 1.807) is 24.3 Å². The molecule has 0 amide bonds. The molecule has 0 atom stereocenters. The molecule has 4 rings (SSSR count). The molecule has 4 aromatic rings. The first-order chi connectivity index (χ1) is 14.1. The number of aromatic nitrogens is 4. The number of hydrogen-bond donors (Lipinski definition) is 0. The van der Waals surface area contributed by atoms with Gasteiger partial charge in [0.25, 0.3) is 0 Å². The number of hydrogen-bond acceptors (Lipinski definition) is 5. The Bertz CT molecular complexity index is 1190. The van der Waals surface area contributed by atoms with Crippen molar-refractivity contribution >= 4 is 23.4 Å². The summed E-state index contributed by atoms with van der Waals surface area (Å²) in [6, 6.07) is 21.4. The summed E-state index contributed by atoms with van der Waals surface area (Å²) in [4.78, 5) is 4.27. The normalized spacial score (nSPS) is 10.7. The lowest BCUT2D eigenvalue weighted by Gasteiger charge is -2.10. The molecule has 2 aromatic heterocycles. The number of rotatable bonds is 5. The predicted molar refractivity (Wildman–Crippen MR) is 109 cm³/mol. The van der Waals surface area contributed by atoms with Crippen molar-refractivity contribution in [2.45, 2.75) is 16.7 Å². The molecule has 0 aliphatic rings. The Morgan fingerprint density at radius 2 is 1.76 bits per heavy atom. The molecule has 0 aliphatic heterocycles. The molecule has 2 aromatic carbocycles. The predicted octanol–water partition coefficient (Wildman–Crippen LogP) is 5.20. The average molecular weight is 422 g/mol. The van der Waals surface area contributed by atoms with E-state index in [1.807, 2.05) is 41.0 Å². The molecule has 8 heteroatoms.